The first-order chi connectivity index (χ1) is 7.17. The highest BCUT2D eigenvalue weighted by molar-refractivity contribution is 5.80. The molecule has 1 rings (SSSR count). The van der Waals surface area contributed by atoms with Crippen molar-refractivity contribution in [2.75, 3.05) is 26.7 Å². The summed E-state index contributed by atoms with van der Waals surface area (Å²) in [6.07, 6.45) is 6.54. The molecule has 3 heteroatoms. The molecule has 0 radical (unpaired) electrons. The van der Waals surface area contributed by atoms with Gasteiger partial charge in [0.1, 0.15) is 0 Å². The van der Waals surface area contributed by atoms with Gasteiger partial charge in [-0.2, -0.15) is 0 Å². The highest BCUT2D eigenvalue weighted by Crippen LogP contribution is 2.20. The molecule has 1 aliphatic heterocycles. The SMILES string of the molecule is C#CCNC(=NC)N1C[C@H](C)C[C@H](C)C1. The van der Waals surface area contributed by atoms with E-state index in [1.54, 1.807) is 0 Å². The van der Waals surface area contributed by atoms with Gasteiger partial charge in [-0.05, 0) is 18.3 Å². The van der Waals surface area contributed by atoms with E-state index in [0.29, 0.717) is 6.54 Å². The molecule has 3 nitrogen and oxygen atoms in total. The Hall–Kier alpha value is -1.17. The summed E-state index contributed by atoms with van der Waals surface area (Å²) >= 11 is 0. The molecule has 15 heavy (non-hydrogen) atoms. The van der Waals surface area contributed by atoms with E-state index < -0.39 is 0 Å². The molecule has 0 aliphatic carbocycles. The molecule has 84 valence electrons. The molecule has 0 aromatic rings. The number of piperidine rings is 1. The van der Waals surface area contributed by atoms with Crippen LogP contribution in [0.5, 0.6) is 0 Å². The number of hydrogen-bond acceptors (Lipinski definition) is 1. The van der Waals surface area contributed by atoms with Crippen molar-refractivity contribution in [1.29, 1.82) is 0 Å². The Morgan fingerprint density at radius 3 is 2.53 bits per heavy atom. The van der Waals surface area contributed by atoms with E-state index in [2.05, 4.69) is 35.0 Å². The molecule has 1 saturated heterocycles. The number of hydrogen-bond donors (Lipinski definition) is 1. The first-order valence-electron chi connectivity index (χ1n) is 5.56. The Balaban J connectivity index is 2.56. The van der Waals surface area contributed by atoms with E-state index in [4.69, 9.17) is 6.42 Å². The molecule has 0 aromatic carbocycles. The van der Waals surface area contributed by atoms with Crippen molar-refractivity contribution in [3.05, 3.63) is 0 Å². The zero-order valence-corrected chi connectivity index (χ0v) is 9.95. The van der Waals surface area contributed by atoms with Gasteiger partial charge in [0.25, 0.3) is 0 Å². The fraction of sp³-hybridized carbons (Fsp3) is 0.750. The third-order valence-corrected chi connectivity index (χ3v) is 2.73. The predicted molar refractivity (Wildman–Crippen MR) is 64.7 cm³/mol. The van der Waals surface area contributed by atoms with Crippen molar-refractivity contribution < 1.29 is 0 Å². The Morgan fingerprint density at radius 2 is 2.07 bits per heavy atom. The summed E-state index contributed by atoms with van der Waals surface area (Å²) in [6.45, 7) is 7.28. The van der Waals surface area contributed by atoms with E-state index in [-0.39, 0.29) is 0 Å². The minimum Gasteiger partial charge on any atom is -0.345 e. The molecule has 1 aliphatic rings. The first-order valence-corrected chi connectivity index (χ1v) is 5.56. The van der Waals surface area contributed by atoms with Crippen LogP contribution in [0.25, 0.3) is 0 Å². The summed E-state index contributed by atoms with van der Waals surface area (Å²) in [6, 6.07) is 0. The van der Waals surface area contributed by atoms with Crippen LogP contribution in [0.15, 0.2) is 4.99 Å². The zero-order chi connectivity index (χ0) is 11.3. The van der Waals surface area contributed by atoms with Gasteiger partial charge in [-0.1, -0.05) is 19.8 Å². The summed E-state index contributed by atoms with van der Waals surface area (Å²) < 4.78 is 0. The minimum atomic E-state index is 0.548. The van der Waals surface area contributed by atoms with Gasteiger partial charge in [0, 0.05) is 20.1 Å². The Morgan fingerprint density at radius 1 is 1.47 bits per heavy atom. The van der Waals surface area contributed by atoms with Crippen LogP contribution in [-0.4, -0.2) is 37.5 Å². The molecular formula is C12H21N3. The van der Waals surface area contributed by atoms with Crippen LogP contribution in [-0.2, 0) is 0 Å². The monoisotopic (exact) mass is 207 g/mol. The van der Waals surface area contributed by atoms with Gasteiger partial charge in [-0.3, -0.25) is 4.99 Å². The van der Waals surface area contributed by atoms with Crippen molar-refractivity contribution in [1.82, 2.24) is 10.2 Å². The van der Waals surface area contributed by atoms with Gasteiger partial charge in [0.2, 0.25) is 0 Å². The lowest BCUT2D eigenvalue weighted by Gasteiger charge is -2.36. The highest BCUT2D eigenvalue weighted by Gasteiger charge is 2.23. The summed E-state index contributed by atoms with van der Waals surface area (Å²) in [7, 11) is 1.81. The van der Waals surface area contributed by atoms with E-state index in [1.165, 1.54) is 6.42 Å². The molecule has 1 N–H and O–H groups in total. The highest BCUT2D eigenvalue weighted by atomic mass is 15.3. The van der Waals surface area contributed by atoms with Crippen LogP contribution in [0.2, 0.25) is 0 Å². The van der Waals surface area contributed by atoms with Crippen molar-refractivity contribution >= 4 is 5.96 Å². The summed E-state index contributed by atoms with van der Waals surface area (Å²) in [4.78, 5) is 6.56. The third kappa shape index (κ3) is 3.47. The van der Waals surface area contributed by atoms with Crippen LogP contribution in [0.1, 0.15) is 20.3 Å². The normalized spacial score (nSPS) is 27.3. The number of terminal acetylenes is 1. The Kier molecular flexibility index (Phi) is 4.48. The second kappa shape index (κ2) is 5.65. The van der Waals surface area contributed by atoms with Gasteiger partial charge in [-0.25, -0.2) is 0 Å². The maximum absolute atomic E-state index is 5.23. The van der Waals surface area contributed by atoms with Crippen LogP contribution >= 0.6 is 0 Å². The van der Waals surface area contributed by atoms with Gasteiger partial charge < -0.3 is 10.2 Å². The van der Waals surface area contributed by atoms with Gasteiger partial charge in [0.15, 0.2) is 5.96 Å². The topological polar surface area (TPSA) is 27.6 Å². The second-order valence-corrected chi connectivity index (χ2v) is 4.46. The molecular weight excluding hydrogens is 186 g/mol. The number of aliphatic imine (C=N–C) groups is 1. The zero-order valence-electron chi connectivity index (χ0n) is 9.95. The van der Waals surface area contributed by atoms with Crippen molar-refractivity contribution in [3.63, 3.8) is 0 Å². The molecule has 0 amide bonds. The van der Waals surface area contributed by atoms with Crippen LogP contribution in [0.4, 0.5) is 0 Å². The van der Waals surface area contributed by atoms with Crippen LogP contribution < -0.4 is 5.32 Å². The lowest BCUT2D eigenvalue weighted by atomic mass is 9.92. The molecule has 0 aromatic heterocycles. The van der Waals surface area contributed by atoms with Crippen LogP contribution in [0, 0.1) is 24.2 Å². The molecule has 0 unspecified atom stereocenters. The lowest BCUT2D eigenvalue weighted by Crippen LogP contribution is -2.48. The molecule has 0 saturated carbocycles. The Labute approximate surface area is 93.0 Å². The number of rotatable bonds is 1. The van der Waals surface area contributed by atoms with E-state index in [0.717, 1.165) is 30.9 Å². The third-order valence-electron chi connectivity index (χ3n) is 2.73. The summed E-state index contributed by atoms with van der Waals surface area (Å²) in [5.41, 5.74) is 0. The molecule has 1 fully saturated rings. The molecule has 2 atom stereocenters. The maximum Gasteiger partial charge on any atom is 0.194 e. The lowest BCUT2D eigenvalue weighted by molar-refractivity contribution is 0.209. The summed E-state index contributed by atoms with van der Waals surface area (Å²) in [5.74, 6) is 4.98. The van der Waals surface area contributed by atoms with Crippen molar-refractivity contribution in [2.45, 2.75) is 20.3 Å². The average Bonchev–Trinajstić information content (AvgIpc) is 2.17. The first kappa shape index (κ1) is 11.9. The molecule has 0 spiro atoms. The quantitative estimate of drug-likeness (QED) is 0.397. The number of nitrogens with one attached hydrogen (secondary N) is 1. The number of guanidine groups is 1. The average molecular weight is 207 g/mol. The molecule has 0 bridgehead atoms. The van der Waals surface area contributed by atoms with Crippen molar-refractivity contribution in [3.8, 4) is 12.3 Å². The second-order valence-electron chi connectivity index (χ2n) is 4.46. The van der Waals surface area contributed by atoms with Gasteiger partial charge >= 0.3 is 0 Å². The van der Waals surface area contributed by atoms with E-state index in [1.807, 2.05) is 7.05 Å². The minimum absolute atomic E-state index is 0.548. The molecule has 1 heterocycles. The largest absolute Gasteiger partial charge is 0.345 e. The number of nitrogens with zero attached hydrogens (tertiary/aromatic N) is 2. The fourth-order valence-corrected chi connectivity index (χ4v) is 2.30. The predicted octanol–water partition coefficient (Wildman–Crippen LogP) is 1.17. The summed E-state index contributed by atoms with van der Waals surface area (Å²) in [5, 5.41) is 3.17. The Bertz CT molecular complexity index is 255. The maximum atomic E-state index is 5.23. The van der Waals surface area contributed by atoms with E-state index in [9.17, 15) is 0 Å². The van der Waals surface area contributed by atoms with E-state index >= 15 is 0 Å². The van der Waals surface area contributed by atoms with Gasteiger partial charge in [-0.15, -0.1) is 6.42 Å². The standard InChI is InChI=1S/C12H21N3/c1-5-6-14-12(13-4)15-8-10(2)7-11(3)9-15/h1,10-11H,6-9H2,2-4H3,(H,13,14)/t10-,11+. The smallest absolute Gasteiger partial charge is 0.194 e. The van der Waals surface area contributed by atoms with Gasteiger partial charge in [0.05, 0.1) is 6.54 Å². The fourth-order valence-electron chi connectivity index (χ4n) is 2.30. The number of likely N-dealkylation sites (tertiary alicyclic amines) is 1. The van der Waals surface area contributed by atoms with Crippen molar-refractivity contribution in [2.24, 2.45) is 16.8 Å². The van der Waals surface area contributed by atoms with Crippen LogP contribution in [0.3, 0.4) is 0 Å².